The molecule has 7 rings (SSSR count). The Kier molecular flexibility index (Phi) is 16.3. The molecule has 2 amide bonds. The number of thioether (sulfide) groups is 1. The van der Waals surface area contributed by atoms with E-state index in [1.807, 2.05) is 36.4 Å². The van der Waals surface area contributed by atoms with Gasteiger partial charge < -0.3 is 48.8 Å². The van der Waals surface area contributed by atoms with Crippen molar-refractivity contribution < 1.29 is 53.1 Å². The van der Waals surface area contributed by atoms with Crippen LogP contribution in [-0.4, -0.2) is 85.9 Å². The number of hydrogen-bond donors (Lipinski definition) is 4. The first-order valence-electron chi connectivity index (χ1n) is 22.3. The fourth-order valence-electron chi connectivity index (χ4n) is 9.53. The van der Waals surface area contributed by atoms with E-state index in [1.165, 1.54) is 14.0 Å². The number of oxime groups is 1. The topological polar surface area (TPSA) is 176 Å². The van der Waals surface area contributed by atoms with Gasteiger partial charge in [0, 0.05) is 61.1 Å². The summed E-state index contributed by atoms with van der Waals surface area (Å²) in [5, 5.41) is 30.1. The smallest absolute Gasteiger partial charge is 0.417 e. The normalized spacial score (nSPS) is 25.1. The van der Waals surface area contributed by atoms with Gasteiger partial charge in [-0.15, -0.1) is 18.3 Å². The molecule has 2 aliphatic carbocycles. The minimum Gasteiger partial charge on any atom is -0.497 e. The molecule has 4 N–H and O–H groups in total. The number of hydrogen-bond acceptors (Lipinski definition) is 13. The number of carbonyl (C=O) groups is 2. The standard InChI is InChI=1S/C49H61N3O11S/c1-5-25-60-49-44(64-36-19-15-33(16-20-36)50-31(2)55)30-41(52-63-45-14-8-11-26-59-45)38-27-32(12-6-9-23-53)37(13-7-10-24-54)46(47(38)49)39-28-35(18-22-42(39)62-49)61-48(56)51-40-21-17-34(57-3)29-43(40)58-4/h5,15-22,27-29,32,37,44-47,53-54H,1,6-14,23-26,30H2,2-4H3,(H,50,55)(H,51,56). The number of nitrogens with one attached hydrogen (secondary N) is 2. The largest absolute Gasteiger partial charge is 0.497 e. The van der Waals surface area contributed by atoms with Crippen LogP contribution < -0.4 is 29.6 Å². The molecule has 15 heteroatoms. The Hall–Kier alpha value is -5.06. The molecule has 7 unspecified atom stereocenters. The average molecular weight is 900 g/mol. The lowest BCUT2D eigenvalue weighted by Gasteiger charge is -2.58. The molecule has 0 aromatic heterocycles. The Balaban J connectivity index is 1.35. The lowest BCUT2D eigenvalue weighted by Crippen LogP contribution is -2.64. The molecule has 344 valence electrons. The van der Waals surface area contributed by atoms with Crippen LogP contribution in [-0.2, 0) is 19.1 Å². The zero-order valence-electron chi connectivity index (χ0n) is 36.9. The van der Waals surface area contributed by atoms with E-state index in [-0.39, 0.29) is 48.7 Å². The van der Waals surface area contributed by atoms with Gasteiger partial charge in [0.2, 0.25) is 18.0 Å². The summed E-state index contributed by atoms with van der Waals surface area (Å²) in [6.07, 6.45) is 10.5. The predicted octanol–water partition coefficient (Wildman–Crippen LogP) is 9.23. The zero-order chi connectivity index (χ0) is 45.1. The molecule has 4 aliphatic rings. The highest BCUT2D eigenvalue weighted by Gasteiger charge is 2.64. The second-order valence-electron chi connectivity index (χ2n) is 16.6. The molecule has 2 fully saturated rings. The summed E-state index contributed by atoms with van der Waals surface area (Å²) in [5.41, 5.74) is 3.72. The van der Waals surface area contributed by atoms with Crippen molar-refractivity contribution in [2.75, 3.05) is 51.3 Å². The Morgan fingerprint density at radius 1 is 0.953 bits per heavy atom. The van der Waals surface area contributed by atoms with Crippen LogP contribution in [0.15, 0.2) is 95.0 Å². The van der Waals surface area contributed by atoms with Gasteiger partial charge in [0.15, 0.2) is 0 Å². The van der Waals surface area contributed by atoms with Gasteiger partial charge in [-0.25, -0.2) is 4.79 Å². The second-order valence-corrected chi connectivity index (χ2v) is 17.8. The second kappa shape index (κ2) is 22.2. The van der Waals surface area contributed by atoms with Gasteiger partial charge in [-0.05, 0) is 111 Å². The number of allylic oxidation sites excluding steroid dienone is 1. The van der Waals surface area contributed by atoms with E-state index in [4.69, 9.17) is 38.4 Å². The van der Waals surface area contributed by atoms with E-state index in [9.17, 15) is 19.8 Å². The fourth-order valence-corrected chi connectivity index (χ4v) is 10.8. The maximum absolute atomic E-state index is 13.6. The summed E-state index contributed by atoms with van der Waals surface area (Å²) in [5.74, 6) is -0.0382. The molecule has 3 aromatic rings. The van der Waals surface area contributed by atoms with E-state index in [2.05, 4.69) is 23.3 Å². The molecule has 64 heavy (non-hydrogen) atoms. The average Bonchev–Trinajstić information content (AvgIpc) is 3.30. The van der Waals surface area contributed by atoms with E-state index in [0.29, 0.717) is 60.2 Å². The highest BCUT2D eigenvalue weighted by Crippen LogP contribution is 2.63. The highest BCUT2D eigenvalue weighted by atomic mass is 32.2. The molecule has 0 radical (unpaired) electrons. The molecule has 3 aromatic carbocycles. The Morgan fingerprint density at radius 2 is 1.73 bits per heavy atom. The summed E-state index contributed by atoms with van der Waals surface area (Å²) >= 11 is 1.62. The third-order valence-electron chi connectivity index (χ3n) is 12.3. The van der Waals surface area contributed by atoms with Gasteiger partial charge in [-0.1, -0.05) is 30.1 Å². The lowest BCUT2D eigenvalue weighted by atomic mass is 9.56. The number of ether oxygens (including phenoxy) is 6. The summed E-state index contributed by atoms with van der Waals surface area (Å²) in [7, 11) is 3.07. The van der Waals surface area contributed by atoms with Crippen LogP contribution >= 0.6 is 11.8 Å². The van der Waals surface area contributed by atoms with Crippen molar-refractivity contribution in [3.05, 3.63) is 90.5 Å². The lowest BCUT2D eigenvalue weighted by molar-refractivity contribution is -0.223. The molecule has 0 bridgehead atoms. The predicted molar refractivity (Wildman–Crippen MR) is 245 cm³/mol. The number of rotatable bonds is 20. The minimum atomic E-state index is -1.24. The first-order valence-corrected chi connectivity index (χ1v) is 23.2. The van der Waals surface area contributed by atoms with Crippen LogP contribution in [0.5, 0.6) is 23.0 Å². The number of benzene rings is 3. The van der Waals surface area contributed by atoms with Gasteiger partial charge in [0.1, 0.15) is 23.0 Å². The number of nitrogens with zero attached hydrogens (tertiary/aromatic N) is 1. The minimum absolute atomic E-state index is 0.0329. The zero-order valence-corrected chi connectivity index (χ0v) is 37.7. The molecule has 2 heterocycles. The number of carbonyl (C=O) groups excluding carboxylic acids is 2. The summed E-state index contributed by atoms with van der Waals surface area (Å²) < 4.78 is 37.2. The van der Waals surface area contributed by atoms with Gasteiger partial charge in [-0.3, -0.25) is 10.1 Å². The Labute approximate surface area is 379 Å². The van der Waals surface area contributed by atoms with Gasteiger partial charge in [-0.2, -0.15) is 0 Å². The Bertz CT molecular complexity index is 2140. The third kappa shape index (κ3) is 10.9. The number of fused-ring (bicyclic) bond motifs is 2. The van der Waals surface area contributed by atoms with Crippen LogP contribution in [0, 0.1) is 17.8 Å². The molecule has 1 saturated heterocycles. The van der Waals surface area contributed by atoms with Crippen LogP contribution in [0.2, 0.25) is 0 Å². The first kappa shape index (κ1) is 46.9. The quantitative estimate of drug-likeness (QED) is 0.0481. The summed E-state index contributed by atoms with van der Waals surface area (Å²) in [6, 6.07) is 18.3. The fraction of sp³-hybridized carbons (Fsp3) is 0.490. The van der Waals surface area contributed by atoms with E-state index in [1.54, 1.807) is 49.2 Å². The molecule has 7 atom stereocenters. The van der Waals surface area contributed by atoms with Crippen molar-refractivity contribution in [1.29, 1.82) is 0 Å². The maximum Gasteiger partial charge on any atom is 0.417 e. The van der Waals surface area contributed by atoms with Crippen molar-refractivity contribution in [2.24, 2.45) is 22.9 Å². The SMILES string of the molecule is C=CCOC12Oc3ccc(OC(=O)Nc4ccc(OC)cc4OC)cc3C3C(CCCCO)C(CCCCO)C=C(C(=NOC4CCCCO4)CC1Sc1ccc(NC(C)=O)cc1)C32. The van der Waals surface area contributed by atoms with E-state index < -0.39 is 24.1 Å². The maximum atomic E-state index is 13.6. The number of aliphatic hydroxyl groups excluding tert-OH is 2. The van der Waals surface area contributed by atoms with Crippen LogP contribution in [0.25, 0.3) is 0 Å². The number of aliphatic hydroxyl groups is 2. The third-order valence-corrected chi connectivity index (χ3v) is 13.7. The number of anilines is 2. The highest BCUT2D eigenvalue weighted by molar-refractivity contribution is 8.00. The van der Waals surface area contributed by atoms with Crippen LogP contribution in [0.3, 0.4) is 0 Å². The number of unbranched alkanes of at least 4 members (excludes halogenated alkanes) is 2. The number of amides is 2. The van der Waals surface area contributed by atoms with Gasteiger partial charge in [0.05, 0.1) is 50.0 Å². The van der Waals surface area contributed by atoms with Crippen molar-refractivity contribution in [3.8, 4) is 23.0 Å². The van der Waals surface area contributed by atoms with Crippen molar-refractivity contribution >= 4 is 40.8 Å². The Morgan fingerprint density at radius 3 is 2.44 bits per heavy atom. The molecule has 14 nitrogen and oxygen atoms in total. The summed E-state index contributed by atoms with van der Waals surface area (Å²) in [4.78, 5) is 32.6. The molecule has 0 spiro atoms. The van der Waals surface area contributed by atoms with Crippen molar-refractivity contribution in [3.63, 3.8) is 0 Å². The van der Waals surface area contributed by atoms with Crippen LogP contribution in [0.4, 0.5) is 16.2 Å². The summed E-state index contributed by atoms with van der Waals surface area (Å²) in [6.45, 7) is 6.50. The van der Waals surface area contributed by atoms with Gasteiger partial charge in [0.25, 0.3) is 0 Å². The van der Waals surface area contributed by atoms with Crippen molar-refractivity contribution in [1.82, 2.24) is 0 Å². The number of methoxy groups -OCH3 is 2. The molecular formula is C49H61N3O11S. The van der Waals surface area contributed by atoms with E-state index >= 15 is 0 Å². The monoisotopic (exact) mass is 899 g/mol. The van der Waals surface area contributed by atoms with Crippen molar-refractivity contribution in [2.45, 2.75) is 99.3 Å². The van der Waals surface area contributed by atoms with E-state index in [0.717, 1.165) is 66.7 Å². The van der Waals surface area contributed by atoms with Crippen LogP contribution in [0.1, 0.15) is 82.6 Å². The molecule has 2 aliphatic heterocycles. The first-order chi connectivity index (χ1) is 31.2. The molecule has 1 saturated carbocycles. The molecular weight excluding hydrogens is 839 g/mol. The van der Waals surface area contributed by atoms with Gasteiger partial charge >= 0.3 is 6.09 Å².